The number of carbonyl (C=O) groups excluding carboxylic acids is 3. The van der Waals surface area contributed by atoms with Crippen LogP contribution in [0.15, 0.2) is 70.8 Å². The van der Waals surface area contributed by atoms with Gasteiger partial charge in [-0.2, -0.15) is 31.1 Å². The molecule has 4 aliphatic heterocycles. The average Bonchev–Trinajstić information content (AvgIpc) is 3.70. The normalized spacial score (nSPS) is 24.0. The van der Waals surface area contributed by atoms with Crippen molar-refractivity contribution in [2.45, 2.75) is 88.3 Å². The number of hydrogen-bond acceptors (Lipinski definition) is 14. The van der Waals surface area contributed by atoms with Crippen LogP contribution < -0.4 is 24.5 Å². The molecule has 0 radical (unpaired) electrons. The van der Waals surface area contributed by atoms with Gasteiger partial charge in [0.2, 0.25) is 17.7 Å². The Morgan fingerprint density at radius 2 is 1.81 bits per heavy atom. The van der Waals surface area contributed by atoms with Crippen molar-refractivity contribution in [3.63, 3.8) is 0 Å². The third-order valence-corrected chi connectivity index (χ3v) is 15.8. The zero-order valence-electron chi connectivity index (χ0n) is 37.7. The van der Waals surface area contributed by atoms with Crippen molar-refractivity contribution in [1.82, 2.24) is 33.7 Å². The van der Waals surface area contributed by atoms with Crippen LogP contribution in [0.4, 0.5) is 8.28 Å². The van der Waals surface area contributed by atoms with E-state index in [2.05, 4.69) is 15.0 Å². The second-order valence-electron chi connectivity index (χ2n) is 18.0. The van der Waals surface area contributed by atoms with Crippen LogP contribution in [-0.2, 0) is 39.8 Å². The number of aromatic nitrogens is 2. The summed E-state index contributed by atoms with van der Waals surface area (Å²) in [6.45, 7) is 5.67. The number of halogens is 2. The smallest absolute Gasteiger partial charge is 0.453 e. The van der Waals surface area contributed by atoms with E-state index in [1.54, 1.807) is 30.9 Å². The minimum Gasteiger partial charge on any atom is -0.453 e. The van der Waals surface area contributed by atoms with Crippen molar-refractivity contribution in [2.24, 2.45) is 5.92 Å². The van der Waals surface area contributed by atoms with Crippen LogP contribution in [0.1, 0.15) is 87.8 Å². The number of benzene rings is 2. The molecule has 4 atom stereocenters. The van der Waals surface area contributed by atoms with E-state index in [0.717, 1.165) is 4.31 Å². The van der Waals surface area contributed by atoms with E-state index in [9.17, 15) is 45.2 Å². The highest BCUT2D eigenvalue weighted by atomic mass is 32.3. The van der Waals surface area contributed by atoms with Gasteiger partial charge in [0.25, 0.3) is 15.8 Å². The van der Waals surface area contributed by atoms with Crippen molar-refractivity contribution in [3.05, 3.63) is 87.4 Å². The van der Waals surface area contributed by atoms with Crippen molar-refractivity contribution in [2.75, 3.05) is 52.9 Å². The lowest BCUT2D eigenvalue weighted by molar-refractivity contribution is -0.137. The quantitative estimate of drug-likeness (QED) is 0.184. The molecule has 1 aliphatic carbocycles. The van der Waals surface area contributed by atoms with E-state index in [4.69, 9.17) is 13.7 Å². The Balaban J connectivity index is 0.872. The van der Waals surface area contributed by atoms with Gasteiger partial charge in [-0.3, -0.25) is 34.0 Å². The number of carbonyl (C=O) groups is 3. The first-order chi connectivity index (χ1) is 32.3. The van der Waals surface area contributed by atoms with E-state index in [0.29, 0.717) is 74.9 Å². The van der Waals surface area contributed by atoms with E-state index in [1.807, 2.05) is 11.0 Å². The van der Waals surface area contributed by atoms with Gasteiger partial charge in [-0.05, 0) is 105 Å². The summed E-state index contributed by atoms with van der Waals surface area (Å²) < 4.78 is 100. The maximum absolute atomic E-state index is 15.4. The van der Waals surface area contributed by atoms with E-state index >= 15 is 4.39 Å². The predicted octanol–water partition coefficient (Wildman–Crippen LogP) is 3.53. The number of likely N-dealkylation sites (tertiary alicyclic amines) is 2. The maximum Gasteiger partial charge on any atom is 0.488 e. The molecule has 8 rings (SSSR count). The van der Waals surface area contributed by atoms with Crippen LogP contribution in [0.25, 0.3) is 10.9 Å². The fourth-order valence-corrected chi connectivity index (χ4v) is 11.3. The van der Waals surface area contributed by atoms with Gasteiger partial charge >= 0.3 is 10.5 Å². The molecule has 2 aromatic carbocycles. The Morgan fingerprint density at radius 1 is 1.07 bits per heavy atom. The van der Waals surface area contributed by atoms with Gasteiger partial charge in [-0.15, -0.1) is 0 Å². The molecular formula is C45H52F2N8O11S2. The molecule has 23 heteroatoms. The van der Waals surface area contributed by atoms with E-state index in [1.165, 1.54) is 48.3 Å². The number of piperidine rings is 3. The predicted molar refractivity (Wildman–Crippen MR) is 241 cm³/mol. The van der Waals surface area contributed by atoms with Crippen molar-refractivity contribution in [1.29, 1.82) is 5.26 Å². The minimum absolute atomic E-state index is 0.0381. The Bertz CT molecular complexity index is 2910. The fraction of sp³-hybridized carbons (Fsp3) is 0.511. The summed E-state index contributed by atoms with van der Waals surface area (Å²) in [5.41, 5.74) is 0.00483. The molecule has 4 unspecified atom stereocenters. The van der Waals surface area contributed by atoms with Crippen LogP contribution in [0.3, 0.4) is 0 Å². The number of amides is 3. The van der Waals surface area contributed by atoms with Crippen LogP contribution in [0.2, 0.25) is 0 Å². The number of nitrogens with zero attached hydrogens (tertiary/aromatic N) is 6. The molecule has 68 heavy (non-hydrogen) atoms. The number of imide groups is 1. The molecule has 1 aromatic heterocycles. The molecule has 3 amide bonds. The SMILES string of the molecule is CCN(C)S(=O)(=O)NC1C(C#N)=C(Oc2ccc3ncn(C4COC5(CCN(C(=O)CN6CCC(c7ccc(C8CCC(=O)NC8=O)cc7OS(=O)(=O)F)CC6)CC5)C4)c(=O)c3c2)C(F)=CC1C. The lowest BCUT2D eigenvalue weighted by Crippen LogP contribution is -2.50. The van der Waals surface area contributed by atoms with Gasteiger partial charge < -0.3 is 18.6 Å². The van der Waals surface area contributed by atoms with Crippen LogP contribution in [0, 0.1) is 17.2 Å². The first-order valence-corrected chi connectivity index (χ1v) is 25.2. The summed E-state index contributed by atoms with van der Waals surface area (Å²) in [5, 5.41) is 12.5. The third kappa shape index (κ3) is 10.3. The number of hydrogen-bond donors (Lipinski definition) is 2. The average molecular weight is 983 g/mol. The topological polar surface area (TPSA) is 240 Å². The van der Waals surface area contributed by atoms with Gasteiger partial charge in [0.15, 0.2) is 11.6 Å². The molecule has 2 N–H and O–H groups in total. The van der Waals surface area contributed by atoms with Crippen molar-refractivity contribution in [3.8, 4) is 17.6 Å². The molecule has 19 nitrogen and oxygen atoms in total. The Morgan fingerprint density at radius 3 is 2.49 bits per heavy atom. The fourth-order valence-electron chi connectivity index (χ4n) is 9.80. The third-order valence-electron chi connectivity index (χ3n) is 13.8. The molecule has 5 aliphatic rings. The highest BCUT2D eigenvalue weighted by molar-refractivity contribution is 7.87. The van der Waals surface area contributed by atoms with Crippen LogP contribution in [-0.4, -0.2) is 123 Å². The highest BCUT2D eigenvalue weighted by Gasteiger charge is 2.45. The first-order valence-electron chi connectivity index (χ1n) is 22.5. The molecule has 4 saturated heterocycles. The molecule has 4 fully saturated rings. The van der Waals surface area contributed by atoms with Gasteiger partial charge in [-0.25, -0.2) is 9.37 Å². The molecule has 3 aromatic rings. The van der Waals surface area contributed by atoms with E-state index < -0.39 is 67.6 Å². The van der Waals surface area contributed by atoms with Gasteiger partial charge in [0.05, 0.1) is 59.6 Å². The van der Waals surface area contributed by atoms with Gasteiger partial charge in [-0.1, -0.05) is 29.9 Å². The molecular weight excluding hydrogens is 931 g/mol. The summed E-state index contributed by atoms with van der Waals surface area (Å²) in [6.07, 6.45) is 5.60. The summed E-state index contributed by atoms with van der Waals surface area (Å²) >= 11 is 0. The molecule has 1 spiro atoms. The number of nitrogens with one attached hydrogen (secondary N) is 2. The van der Waals surface area contributed by atoms with Gasteiger partial charge in [0.1, 0.15) is 17.6 Å². The number of fused-ring (bicyclic) bond motifs is 1. The molecule has 5 heterocycles. The summed E-state index contributed by atoms with van der Waals surface area (Å²) in [4.78, 5) is 60.0. The Hall–Kier alpha value is -5.64. The zero-order chi connectivity index (χ0) is 48.7. The summed E-state index contributed by atoms with van der Waals surface area (Å²) in [5.74, 6) is -4.11. The Labute approximate surface area is 392 Å². The molecule has 0 saturated carbocycles. The monoisotopic (exact) mass is 982 g/mol. The standard InChI is InChI=1S/C45H52F2N8O11S2/c1-4-52(3)68(62,63)51-41-27(2)19-36(46)42(35(41)23-48)65-31-6-9-37-34(21-31)44(59)55(26-49-37)30-22-45(64-25-30)13-17-54(18-14-45)40(57)24-53-15-11-28(12-16-53)32-7-5-29(20-38(32)66-67(47,60)61)33-8-10-39(56)50-43(33)58/h5-7,9,19-21,26-28,30,33,41,51H,4,8,10-18,22,24-25H2,1-3H3,(H,50,56,58). The Kier molecular flexibility index (Phi) is 13.9. The molecule has 0 bridgehead atoms. The summed E-state index contributed by atoms with van der Waals surface area (Å²) in [6, 6.07) is 9.49. The summed E-state index contributed by atoms with van der Waals surface area (Å²) in [7, 11) is -8.02. The number of allylic oxidation sites excluding steroid dienone is 1. The van der Waals surface area contributed by atoms with Crippen LogP contribution in [0.5, 0.6) is 11.5 Å². The van der Waals surface area contributed by atoms with Gasteiger partial charge in [0, 0.05) is 33.1 Å². The number of rotatable bonds is 13. The lowest BCUT2D eigenvalue weighted by atomic mass is 9.85. The second kappa shape index (κ2) is 19.4. The first kappa shape index (κ1) is 48.8. The highest BCUT2D eigenvalue weighted by Crippen LogP contribution is 2.42. The number of ether oxygens (including phenoxy) is 2. The van der Waals surface area contributed by atoms with Crippen molar-refractivity contribution < 1.29 is 53.2 Å². The number of nitriles is 1. The molecule has 364 valence electrons. The minimum atomic E-state index is -5.38. The maximum atomic E-state index is 15.4. The largest absolute Gasteiger partial charge is 0.488 e. The zero-order valence-corrected chi connectivity index (χ0v) is 39.3. The lowest BCUT2D eigenvalue weighted by Gasteiger charge is -2.40. The van der Waals surface area contributed by atoms with Crippen molar-refractivity contribution >= 4 is 49.3 Å². The van der Waals surface area contributed by atoms with E-state index in [-0.39, 0.29) is 78.4 Å². The second-order valence-corrected chi connectivity index (χ2v) is 20.8. The van der Waals surface area contributed by atoms with Crippen LogP contribution >= 0.6 is 0 Å².